The van der Waals surface area contributed by atoms with E-state index in [-0.39, 0.29) is 24.3 Å². The number of likely N-dealkylation sites (N-methyl/N-ethyl adjacent to an activating group) is 1. The van der Waals surface area contributed by atoms with E-state index in [1.807, 2.05) is 34.1 Å². The Bertz CT molecular complexity index is 1070. The van der Waals surface area contributed by atoms with Crippen LogP contribution in [0.5, 0.6) is 0 Å². The molecule has 0 radical (unpaired) electrons. The van der Waals surface area contributed by atoms with Gasteiger partial charge >= 0.3 is 0 Å². The van der Waals surface area contributed by atoms with Crippen molar-refractivity contribution in [3.05, 3.63) is 71.0 Å². The van der Waals surface area contributed by atoms with Crippen LogP contribution in [-0.2, 0) is 16.1 Å². The van der Waals surface area contributed by atoms with Crippen molar-refractivity contribution in [3.63, 3.8) is 0 Å². The smallest absolute Gasteiger partial charge is 0.237 e. The van der Waals surface area contributed by atoms with Gasteiger partial charge < -0.3 is 10.2 Å². The first kappa shape index (κ1) is 20.8. The molecular weight excluding hydrogens is 395 g/mol. The van der Waals surface area contributed by atoms with Crippen LogP contribution in [0.2, 0.25) is 0 Å². The minimum Gasteiger partial charge on any atom is -0.334 e. The minimum absolute atomic E-state index is 0.0337. The molecule has 2 amide bonds. The van der Waals surface area contributed by atoms with Crippen LogP contribution in [0.25, 0.3) is 5.57 Å². The van der Waals surface area contributed by atoms with E-state index in [0.29, 0.717) is 42.2 Å². The summed E-state index contributed by atoms with van der Waals surface area (Å²) >= 11 is 0. The maximum Gasteiger partial charge on any atom is 0.237 e. The lowest BCUT2D eigenvalue weighted by molar-refractivity contribution is -0.132. The van der Waals surface area contributed by atoms with Gasteiger partial charge in [0.2, 0.25) is 12.3 Å². The normalized spacial score (nSPS) is 19.3. The van der Waals surface area contributed by atoms with Crippen LogP contribution < -0.4 is 5.32 Å². The van der Waals surface area contributed by atoms with E-state index in [9.17, 15) is 14.0 Å². The highest BCUT2D eigenvalue weighted by molar-refractivity contribution is 5.82. The van der Waals surface area contributed by atoms with E-state index in [1.165, 1.54) is 23.8 Å². The van der Waals surface area contributed by atoms with Crippen LogP contribution in [0.1, 0.15) is 23.1 Å². The van der Waals surface area contributed by atoms with E-state index in [4.69, 9.17) is 5.26 Å². The summed E-state index contributed by atoms with van der Waals surface area (Å²) in [4.78, 5) is 27.4. The van der Waals surface area contributed by atoms with Gasteiger partial charge in [-0.25, -0.2) is 4.39 Å². The van der Waals surface area contributed by atoms with Gasteiger partial charge in [0.05, 0.1) is 24.2 Å². The first-order valence-corrected chi connectivity index (χ1v) is 10.2. The molecule has 1 aliphatic heterocycles. The fourth-order valence-corrected chi connectivity index (χ4v) is 4.51. The minimum atomic E-state index is -0.386. The molecule has 31 heavy (non-hydrogen) atoms. The molecule has 1 N–H and O–H groups in total. The lowest BCUT2D eigenvalue weighted by Gasteiger charge is -2.28. The highest BCUT2D eigenvalue weighted by Crippen LogP contribution is 2.42. The summed E-state index contributed by atoms with van der Waals surface area (Å²) in [7, 11) is 1.81. The van der Waals surface area contributed by atoms with Crippen molar-refractivity contribution in [1.29, 1.82) is 5.26 Å². The summed E-state index contributed by atoms with van der Waals surface area (Å²) in [6.45, 7) is 1.23. The maximum absolute atomic E-state index is 13.6. The number of hydrogen-bond acceptors (Lipinski definition) is 4. The highest BCUT2D eigenvalue weighted by atomic mass is 19.1. The Labute approximate surface area is 180 Å². The number of nitrogens with one attached hydrogen (secondary N) is 1. The zero-order valence-electron chi connectivity index (χ0n) is 17.2. The number of nitriles is 1. The summed E-state index contributed by atoms with van der Waals surface area (Å²) < 4.78 is 13.6. The van der Waals surface area contributed by atoms with Gasteiger partial charge in [-0.15, -0.1) is 0 Å². The van der Waals surface area contributed by atoms with Crippen molar-refractivity contribution in [2.75, 3.05) is 25.5 Å². The average molecular weight is 418 g/mol. The second kappa shape index (κ2) is 8.70. The number of rotatable bonds is 7. The topological polar surface area (TPSA) is 76.4 Å². The lowest BCUT2D eigenvalue weighted by atomic mass is 9.95. The predicted octanol–water partition coefficient (Wildman–Crippen LogP) is 3.01. The van der Waals surface area contributed by atoms with Crippen LogP contribution in [0.3, 0.4) is 0 Å². The second-order valence-electron chi connectivity index (χ2n) is 8.09. The summed E-state index contributed by atoms with van der Waals surface area (Å²) in [6, 6.07) is 14.0. The summed E-state index contributed by atoms with van der Waals surface area (Å²) in [5.41, 5.74) is 4.14. The van der Waals surface area contributed by atoms with Gasteiger partial charge in [0.1, 0.15) is 5.82 Å². The molecule has 0 saturated carbocycles. The highest BCUT2D eigenvalue weighted by Gasteiger charge is 2.41. The Kier molecular flexibility index (Phi) is 5.83. The molecule has 1 aliphatic carbocycles. The van der Waals surface area contributed by atoms with Crippen LogP contribution in [0, 0.1) is 23.1 Å². The van der Waals surface area contributed by atoms with Crippen LogP contribution in [-0.4, -0.2) is 48.3 Å². The molecule has 158 valence electrons. The molecule has 2 aliphatic rings. The van der Waals surface area contributed by atoms with E-state index in [0.717, 1.165) is 12.0 Å². The second-order valence-corrected chi connectivity index (χ2v) is 8.09. The van der Waals surface area contributed by atoms with Crippen molar-refractivity contribution >= 4 is 23.6 Å². The number of benzene rings is 2. The molecule has 1 heterocycles. The zero-order valence-corrected chi connectivity index (χ0v) is 17.2. The van der Waals surface area contributed by atoms with Gasteiger partial charge in [-0.2, -0.15) is 5.26 Å². The lowest BCUT2D eigenvalue weighted by Crippen LogP contribution is -2.42. The fourth-order valence-electron chi connectivity index (χ4n) is 4.51. The Morgan fingerprint density at radius 1 is 1.32 bits per heavy atom. The monoisotopic (exact) mass is 418 g/mol. The number of nitrogens with zero attached hydrogens (tertiary/aromatic N) is 3. The largest absolute Gasteiger partial charge is 0.334 e. The molecule has 6 nitrogen and oxygen atoms in total. The third-order valence-electron chi connectivity index (χ3n) is 5.95. The quantitative estimate of drug-likeness (QED) is 0.702. The first-order valence-electron chi connectivity index (χ1n) is 10.2. The standard InChI is InChI=1S/C24H23FN4O2/c1-28(12-19-8-20(25)6-7-23(19)27-15-30)14-24(31)29-13-18-9-21(29)10-22(18)17-4-2-16(11-26)3-5-17/h2-8,10,15,18,21H,9,12-14H2,1H3,(H,27,30)/t18-,21?/m1/s1. The Morgan fingerprint density at radius 3 is 2.74 bits per heavy atom. The summed E-state index contributed by atoms with van der Waals surface area (Å²) in [5, 5.41) is 11.5. The number of anilines is 1. The number of carbonyl (C=O) groups is 2. The van der Waals surface area contributed by atoms with Gasteiger partial charge in [-0.05, 0) is 60.5 Å². The molecule has 1 unspecified atom stereocenters. The fraction of sp³-hybridized carbons (Fsp3) is 0.292. The van der Waals surface area contributed by atoms with Gasteiger partial charge in [0.15, 0.2) is 0 Å². The molecule has 2 aromatic carbocycles. The molecule has 0 spiro atoms. The zero-order chi connectivity index (χ0) is 22.0. The van der Waals surface area contributed by atoms with Gasteiger partial charge in [-0.1, -0.05) is 18.2 Å². The Morgan fingerprint density at radius 2 is 2.10 bits per heavy atom. The molecule has 7 heteroatoms. The maximum atomic E-state index is 13.6. The van der Waals surface area contributed by atoms with Crippen molar-refractivity contribution in [1.82, 2.24) is 9.80 Å². The molecule has 1 fully saturated rings. The van der Waals surface area contributed by atoms with Gasteiger partial charge in [-0.3, -0.25) is 14.5 Å². The van der Waals surface area contributed by atoms with E-state index in [2.05, 4.69) is 17.5 Å². The number of likely N-dealkylation sites (tertiary alicyclic amines) is 1. The first-order chi connectivity index (χ1) is 15.0. The third kappa shape index (κ3) is 4.35. The van der Waals surface area contributed by atoms with E-state index in [1.54, 1.807) is 7.05 Å². The molecular formula is C24H23FN4O2. The van der Waals surface area contributed by atoms with Crippen LogP contribution in [0.4, 0.5) is 10.1 Å². The molecule has 2 bridgehead atoms. The number of amides is 2. The Hall–Kier alpha value is -3.50. The SMILES string of the molecule is CN(CC(=O)N1C[C@H]2CC1C=C2c1ccc(C#N)cc1)Cc1cc(F)ccc1NC=O. The molecule has 1 saturated heterocycles. The van der Waals surface area contributed by atoms with Crippen molar-refractivity contribution in [2.45, 2.75) is 19.0 Å². The third-order valence-corrected chi connectivity index (χ3v) is 5.95. The van der Waals surface area contributed by atoms with E-state index >= 15 is 0 Å². The summed E-state index contributed by atoms with van der Waals surface area (Å²) in [6.07, 6.45) is 3.63. The van der Waals surface area contributed by atoms with Gasteiger partial charge in [0, 0.05) is 24.7 Å². The number of halogens is 1. The number of fused-ring (bicyclic) bond motifs is 2. The number of hydrogen-bond donors (Lipinski definition) is 1. The van der Waals surface area contributed by atoms with Crippen LogP contribution in [0.15, 0.2) is 48.5 Å². The molecule has 0 aromatic heterocycles. The predicted molar refractivity (Wildman–Crippen MR) is 115 cm³/mol. The summed E-state index contributed by atoms with van der Waals surface area (Å²) in [5.74, 6) is -0.0475. The van der Waals surface area contributed by atoms with Crippen molar-refractivity contribution < 1.29 is 14.0 Å². The van der Waals surface area contributed by atoms with Gasteiger partial charge in [0.25, 0.3) is 0 Å². The van der Waals surface area contributed by atoms with Crippen molar-refractivity contribution in [3.8, 4) is 6.07 Å². The van der Waals surface area contributed by atoms with E-state index < -0.39 is 0 Å². The molecule has 2 atom stereocenters. The molecule has 4 rings (SSSR count). The number of carbonyl (C=O) groups excluding carboxylic acids is 2. The average Bonchev–Trinajstić information content (AvgIpc) is 3.37. The Balaban J connectivity index is 1.39. The van der Waals surface area contributed by atoms with Crippen LogP contribution >= 0.6 is 0 Å². The molecule has 2 aromatic rings. The van der Waals surface area contributed by atoms with Crippen molar-refractivity contribution in [2.24, 2.45) is 5.92 Å².